The lowest BCUT2D eigenvalue weighted by atomic mass is 9.92. The van der Waals surface area contributed by atoms with Crippen molar-refractivity contribution in [3.05, 3.63) is 29.3 Å². The largest absolute Gasteiger partial charge is 0.371 e. The Hall–Kier alpha value is -0.500. The fourth-order valence-corrected chi connectivity index (χ4v) is 2.70. The van der Waals surface area contributed by atoms with Crippen molar-refractivity contribution in [1.29, 1.82) is 0 Å². The molecule has 1 heterocycles. The van der Waals surface area contributed by atoms with Crippen molar-refractivity contribution < 1.29 is 0 Å². The van der Waals surface area contributed by atoms with Gasteiger partial charge in [-0.2, -0.15) is 0 Å². The average Bonchev–Trinajstić information content (AvgIpc) is 2.28. The highest BCUT2D eigenvalue weighted by molar-refractivity contribution is 9.09. The molecule has 1 nitrogen and oxygen atoms in total. The van der Waals surface area contributed by atoms with Gasteiger partial charge in [-0.1, -0.05) is 47.5 Å². The van der Waals surface area contributed by atoms with Crippen LogP contribution in [0.4, 0.5) is 5.69 Å². The number of halogens is 1. The fraction of sp³-hybridized carbons (Fsp3) is 0.600. The zero-order valence-electron chi connectivity index (χ0n) is 11.1. The van der Waals surface area contributed by atoms with Gasteiger partial charge < -0.3 is 4.90 Å². The van der Waals surface area contributed by atoms with Crippen molar-refractivity contribution in [2.45, 2.75) is 33.6 Å². The van der Waals surface area contributed by atoms with Crippen LogP contribution in [-0.4, -0.2) is 18.4 Å². The van der Waals surface area contributed by atoms with Crippen LogP contribution in [0.3, 0.4) is 0 Å². The second-order valence-electron chi connectivity index (χ2n) is 5.96. The normalized spacial score (nSPS) is 15.9. The predicted molar refractivity (Wildman–Crippen MR) is 79.3 cm³/mol. The molecule has 1 aromatic rings. The molecule has 1 aliphatic rings. The van der Waals surface area contributed by atoms with Crippen molar-refractivity contribution in [3.63, 3.8) is 0 Å². The van der Waals surface area contributed by atoms with E-state index in [2.05, 4.69) is 59.8 Å². The molecule has 0 saturated heterocycles. The molecule has 17 heavy (non-hydrogen) atoms. The lowest BCUT2D eigenvalue weighted by molar-refractivity contribution is 0.417. The Balaban J connectivity index is 2.23. The van der Waals surface area contributed by atoms with E-state index in [4.69, 9.17) is 0 Å². The molecular weight excluding hydrogens is 274 g/mol. The number of aryl methyl sites for hydroxylation is 2. The minimum Gasteiger partial charge on any atom is -0.371 e. The van der Waals surface area contributed by atoms with Gasteiger partial charge in [-0.05, 0) is 36.8 Å². The number of anilines is 1. The second-order valence-corrected chi connectivity index (χ2v) is 6.52. The van der Waals surface area contributed by atoms with Crippen molar-refractivity contribution >= 4 is 21.6 Å². The molecule has 2 heteroatoms. The van der Waals surface area contributed by atoms with Gasteiger partial charge in [0, 0.05) is 24.1 Å². The molecule has 2 rings (SSSR count). The molecule has 0 spiro atoms. The van der Waals surface area contributed by atoms with E-state index < -0.39 is 0 Å². The van der Waals surface area contributed by atoms with Crippen LogP contribution < -0.4 is 4.90 Å². The first kappa shape index (κ1) is 12.9. The molecule has 0 amide bonds. The van der Waals surface area contributed by atoms with Gasteiger partial charge in [0.2, 0.25) is 0 Å². The van der Waals surface area contributed by atoms with E-state index in [0.717, 1.165) is 11.9 Å². The lowest BCUT2D eigenvalue weighted by Gasteiger charge is -2.37. The van der Waals surface area contributed by atoms with Gasteiger partial charge in [0.05, 0.1) is 0 Å². The van der Waals surface area contributed by atoms with Gasteiger partial charge in [0.25, 0.3) is 0 Å². The third kappa shape index (κ3) is 3.04. The summed E-state index contributed by atoms with van der Waals surface area (Å²) in [6, 6.07) is 6.88. The summed E-state index contributed by atoms with van der Waals surface area (Å²) in [4.78, 5) is 2.56. The first-order chi connectivity index (χ1) is 8.02. The number of hydrogen-bond acceptors (Lipinski definition) is 1. The molecule has 0 N–H and O–H groups in total. The van der Waals surface area contributed by atoms with E-state index in [1.807, 2.05) is 0 Å². The fourth-order valence-electron chi connectivity index (χ4n) is 2.53. The molecule has 0 aliphatic carbocycles. The van der Waals surface area contributed by atoms with Crippen LogP contribution in [0.25, 0.3) is 0 Å². The maximum atomic E-state index is 3.62. The molecule has 94 valence electrons. The summed E-state index contributed by atoms with van der Waals surface area (Å²) in [6.07, 6.45) is 2.52. The molecule has 0 bridgehead atoms. The molecule has 1 aliphatic heterocycles. The summed E-state index contributed by atoms with van der Waals surface area (Å²) >= 11 is 3.62. The van der Waals surface area contributed by atoms with E-state index in [9.17, 15) is 0 Å². The SMILES string of the molecule is Cc1ccc2c(c1)CCCN2CC(C)(C)CBr. The number of rotatable bonds is 3. The van der Waals surface area contributed by atoms with Crippen molar-refractivity contribution in [3.8, 4) is 0 Å². The third-order valence-electron chi connectivity index (χ3n) is 3.43. The van der Waals surface area contributed by atoms with Crippen LogP contribution in [0.5, 0.6) is 0 Å². The molecule has 0 fully saturated rings. The zero-order valence-corrected chi connectivity index (χ0v) is 12.7. The summed E-state index contributed by atoms with van der Waals surface area (Å²) in [5.74, 6) is 0. The summed E-state index contributed by atoms with van der Waals surface area (Å²) in [5, 5.41) is 1.05. The van der Waals surface area contributed by atoms with Gasteiger partial charge in [-0.25, -0.2) is 0 Å². The first-order valence-electron chi connectivity index (χ1n) is 6.42. The minimum absolute atomic E-state index is 0.333. The topological polar surface area (TPSA) is 3.24 Å². The minimum atomic E-state index is 0.333. The monoisotopic (exact) mass is 295 g/mol. The molecule has 0 atom stereocenters. The predicted octanol–water partition coefficient (Wildman–Crippen LogP) is 4.17. The van der Waals surface area contributed by atoms with Gasteiger partial charge in [0.15, 0.2) is 0 Å². The highest BCUT2D eigenvalue weighted by Gasteiger charge is 2.24. The summed E-state index contributed by atoms with van der Waals surface area (Å²) < 4.78 is 0. The van der Waals surface area contributed by atoms with Crippen LogP contribution >= 0.6 is 15.9 Å². The number of fused-ring (bicyclic) bond motifs is 1. The van der Waals surface area contributed by atoms with E-state index in [1.165, 1.54) is 36.2 Å². The zero-order chi connectivity index (χ0) is 12.5. The highest BCUT2D eigenvalue weighted by atomic mass is 79.9. The number of benzene rings is 1. The molecule has 1 aromatic carbocycles. The Morgan fingerprint density at radius 1 is 1.35 bits per heavy atom. The van der Waals surface area contributed by atoms with Gasteiger partial charge in [-0.3, -0.25) is 0 Å². The Bertz CT molecular complexity index is 398. The maximum Gasteiger partial charge on any atom is 0.0399 e. The number of hydrogen-bond donors (Lipinski definition) is 0. The van der Waals surface area contributed by atoms with Crippen molar-refractivity contribution in [1.82, 2.24) is 0 Å². The van der Waals surface area contributed by atoms with Gasteiger partial charge in [-0.15, -0.1) is 0 Å². The molecule has 0 aromatic heterocycles. The Morgan fingerprint density at radius 3 is 2.82 bits per heavy atom. The summed E-state index contributed by atoms with van der Waals surface area (Å²) in [7, 11) is 0. The number of nitrogens with zero attached hydrogens (tertiary/aromatic N) is 1. The van der Waals surface area contributed by atoms with Gasteiger partial charge >= 0.3 is 0 Å². The molecule has 0 saturated carbocycles. The van der Waals surface area contributed by atoms with E-state index >= 15 is 0 Å². The Morgan fingerprint density at radius 2 is 2.12 bits per heavy atom. The van der Waals surface area contributed by atoms with Crippen LogP contribution in [-0.2, 0) is 6.42 Å². The summed E-state index contributed by atoms with van der Waals surface area (Å²) in [6.45, 7) is 9.16. The molecule has 0 unspecified atom stereocenters. The second kappa shape index (κ2) is 5.01. The van der Waals surface area contributed by atoms with Crippen molar-refractivity contribution in [2.24, 2.45) is 5.41 Å². The standard InChI is InChI=1S/C15H22BrN/c1-12-6-7-14-13(9-12)5-4-8-17(14)11-15(2,3)10-16/h6-7,9H,4-5,8,10-11H2,1-3H3. The van der Waals surface area contributed by atoms with E-state index in [-0.39, 0.29) is 0 Å². The Labute approximate surface area is 113 Å². The van der Waals surface area contributed by atoms with Gasteiger partial charge in [0.1, 0.15) is 0 Å². The smallest absolute Gasteiger partial charge is 0.0399 e. The van der Waals surface area contributed by atoms with Crippen LogP contribution in [0.1, 0.15) is 31.4 Å². The summed E-state index contributed by atoms with van der Waals surface area (Å²) in [5.41, 5.74) is 4.70. The van der Waals surface area contributed by atoms with Crippen LogP contribution in [0.15, 0.2) is 18.2 Å². The third-order valence-corrected chi connectivity index (χ3v) is 4.95. The molecular formula is C15H22BrN. The Kier molecular flexibility index (Phi) is 3.82. The van der Waals surface area contributed by atoms with Crippen molar-refractivity contribution in [2.75, 3.05) is 23.3 Å². The van der Waals surface area contributed by atoms with Crippen LogP contribution in [0, 0.1) is 12.3 Å². The van der Waals surface area contributed by atoms with E-state index in [1.54, 1.807) is 0 Å². The van der Waals surface area contributed by atoms with Crippen LogP contribution in [0.2, 0.25) is 0 Å². The maximum absolute atomic E-state index is 3.62. The lowest BCUT2D eigenvalue weighted by Crippen LogP contribution is -2.38. The van der Waals surface area contributed by atoms with E-state index in [0.29, 0.717) is 5.41 Å². The highest BCUT2D eigenvalue weighted by Crippen LogP contribution is 2.31. The number of alkyl halides is 1. The quantitative estimate of drug-likeness (QED) is 0.757. The first-order valence-corrected chi connectivity index (χ1v) is 7.54. The average molecular weight is 296 g/mol. The molecule has 0 radical (unpaired) electrons.